The van der Waals surface area contributed by atoms with E-state index in [4.69, 9.17) is 5.11 Å². The van der Waals surface area contributed by atoms with Crippen molar-refractivity contribution in [2.24, 2.45) is 5.92 Å². The zero-order chi connectivity index (χ0) is 8.69. The van der Waals surface area contributed by atoms with Crippen LogP contribution in [0.15, 0.2) is 18.4 Å². The molecule has 2 nitrogen and oxygen atoms in total. The summed E-state index contributed by atoms with van der Waals surface area (Å²) in [6.07, 6.45) is 3.71. The lowest BCUT2D eigenvalue weighted by Gasteiger charge is -2.04. The molecule has 1 unspecified atom stereocenters. The van der Waals surface area contributed by atoms with Gasteiger partial charge in [-0.05, 0) is 24.8 Å². The smallest absolute Gasteiger partial charge is 0.303 e. The Bertz CT molecular complexity index is 166. The van der Waals surface area contributed by atoms with Gasteiger partial charge < -0.3 is 5.11 Å². The molecule has 0 aliphatic carbocycles. The predicted octanol–water partition coefficient (Wildman–Crippen LogP) is 2.22. The van der Waals surface area contributed by atoms with Gasteiger partial charge in [0.2, 0.25) is 0 Å². The van der Waals surface area contributed by atoms with Crippen LogP contribution in [-0.4, -0.2) is 11.1 Å². The topological polar surface area (TPSA) is 37.3 Å². The fourth-order valence-corrected chi connectivity index (χ4v) is 0.881. The summed E-state index contributed by atoms with van der Waals surface area (Å²) in [4.78, 5) is 10.2. The van der Waals surface area contributed by atoms with E-state index >= 15 is 0 Å². The van der Waals surface area contributed by atoms with E-state index in [2.05, 4.69) is 12.3 Å². The second-order valence-electron chi connectivity index (χ2n) is 2.47. The Labute approximate surface area is 67.2 Å². The van der Waals surface area contributed by atoms with Crippen LogP contribution in [-0.2, 0) is 4.79 Å². The lowest BCUT2D eigenvalue weighted by molar-refractivity contribution is -0.137. The quantitative estimate of drug-likeness (QED) is 0.616. The molecule has 0 aliphatic heterocycles. The Balaban J connectivity index is 3.69. The lowest BCUT2D eigenvalue weighted by atomic mass is 10.0. The molecular formula is C9H14O2. The summed E-state index contributed by atoms with van der Waals surface area (Å²) in [5, 5.41) is 8.38. The van der Waals surface area contributed by atoms with E-state index in [0.29, 0.717) is 12.3 Å². The van der Waals surface area contributed by atoms with E-state index in [1.165, 1.54) is 0 Å². The molecule has 0 radical (unpaired) electrons. The highest BCUT2D eigenvalue weighted by Gasteiger charge is 2.04. The van der Waals surface area contributed by atoms with Crippen molar-refractivity contribution in [3.63, 3.8) is 0 Å². The van der Waals surface area contributed by atoms with E-state index in [0.717, 1.165) is 6.42 Å². The second-order valence-corrected chi connectivity index (χ2v) is 2.47. The summed E-state index contributed by atoms with van der Waals surface area (Å²) >= 11 is 0. The minimum atomic E-state index is -0.735. The van der Waals surface area contributed by atoms with Crippen molar-refractivity contribution in [3.05, 3.63) is 18.4 Å². The monoisotopic (exact) mass is 154 g/mol. The van der Waals surface area contributed by atoms with Gasteiger partial charge in [0, 0.05) is 6.42 Å². The number of aliphatic carboxylic acids is 1. The highest BCUT2D eigenvalue weighted by molar-refractivity contribution is 5.66. The summed E-state index contributed by atoms with van der Waals surface area (Å²) < 4.78 is 0. The third kappa shape index (κ3) is 5.43. The van der Waals surface area contributed by atoms with Gasteiger partial charge in [-0.15, -0.1) is 5.73 Å². The molecule has 0 aromatic carbocycles. The van der Waals surface area contributed by atoms with Crippen molar-refractivity contribution >= 4 is 5.97 Å². The Kier molecular flexibility index (Phi) is 5.22. The van der Waals surface area contributed by atoms with Gasteiger partial charge in [-0.25, -0.2) is 0 Å². The Hall–Kier alpha value is -1.01. The molecule has 1 N–H and O–H groups in total. The molecule has 11 heavy (non-hydrogen) atoms. The summed E-state index contributed by atoms with van der Waals surface area (Å²) in [6.45, 7) is 5.48. The summed E-state index contributed by atoms with van der Waals surface area (Å²) in [5.74, 6) is -0.412. The van der Waals surface area contributed by atoms with Crippen LogP contribution in [0, 0.1) is 5.92 Å². The predicted molar refractivity (Wildman–Crippen MR) is 44.4 cm³/mol. The first-order valence-corrected chi connectivity index (χ1v) is 3.78. The van der Waals surface area contributed by atoms with E-state index < -0.39 is 5.97 Å². The number of rotatable bonds is 5. The molecule has 0 saturated heterocycles. The molecule has 0 heterocycles. The molecule has 0 fully saturated rings. The van der Waals surface area contributed by atoms with E-state index in [1.54, 1.807) is 0 Å². The maximum Gasteiger partial charge on any atom is 0.303 e. The number of carboxylic acid groups (broad SMARTS) is 1. The van der Waals surface area contributed by atoms with Crippen molar-refractivity contribution in [3.8, 4) is 0 Å². The van der Waals surface area contributed by atoms with Crippen LogP contribution in [0.4, 0.5) is 0 Å². The van der Waals surface area contributed by atoms with E-state index in [-0.39, 0.29) is 6.42 Å². The van der Waals surface area contributed by atoms with Crippen LogP contribution < -0.4 is 0 Å². The SMILES string of the molecule is C=C=CC(CC)CCC(=O)O. The van der Waals surface area contributed by atoms with Gasteiger partial charge in [0.1, 0.15) is 0 Å². The molecule has 0 rings (SSSR count). The number of allylic oxidation sites excluding steroid dienone is 1. The first-order chi connectivity index (χ1) is 5.20. The molecule has 2 heteroatoms. The third-order valence-corrected chi connectivity index (χ3v) is 1.61. The van der Waals surface area contributed by atoms with Gasteiger partial charge in [0.25, 0.3) is 0 Å². The molecule has 0 spiro atoms. The van der Waals surface area contributed by atoms with Crippen LogP contribution in [0.2, 0.25) is 0 Å². The summed E-state index contributed by atoms with van der Waals surface area (Å²) in [6, 6.07) is 0. The first kappa shape index (κ1) is 9.99. The number of carbonyl (C=O) groups is 1. The third-order valence-electron chi connectivity index (χ3n) is 1.61. The van der Waals surface area contributed by atoms with E-state index in [9.17, 15) is 4.79 Å². The largest absolute Gasteiger partial charge is 0.481 e. The van der Waals surface area contributed by atoms with Gasteiger partial charge in [0.15, 0.2) is 0 Å². The highest BCUT2D eigenvalue weighted by Crippen LogP contribution is 2.11. The van der Waals surface area contributed by atoms with Gasteiger partial charge in [0.05, 0.1) is 0 Å². The molecule has 0 bridgehead atoms. The molecule has 0 aliphatic rings. The van der Waals surface area contributed by atoms with Crippen LogP contribution in [0.25, 0.3) is 0 Å². The Morgan fingerprint density at radius 1 is 1.82 bits per heavy atom. The van der Waals surface area contributed by atoms with Crippen LogP contribution in [0.5, 0.6) is 0 Å². The zero-order valence-corrected chi connectivity index (χ0v) is 6.84. The van der Waals surface area contributed by atoms with E-state index in [1.807, 2.05) is 13.0 Å². The fourth-order valence-electron chi connectivity index (χ4n) is 0.881. The van der Waals surface area contributed by atoms with Crippen LogP contribution >= 0.6 is 0 Å². The maximum absolute atomic E-state index is 10.2. The van der Waals surface area contributed by atoms with Crippen molar-refractivity contribution in [2.75, 3.05) is 0 Å². The van der Waals surface area contributed by atoms with Gasteiger partial charge in [-0.3, -0.25) is 4.79 Å². The van der Waals surface area contributed by atoms with Crippen LogP contribution in [0.1, 0.15) is 26.2 Å². The van der Waals surface area contributed by atoms with Crippen molar-refractivity contribution in [1.29, 1.82) is 0 Å². The summed E-state index contributed by atoms with van der Waals surface area (Å²) in [5.41, 5.74) is 2.67. The molecule has 0 saturated carbocycles. The summed E-state index contributed by atoms with van der Waals surface area (Å²) in [7, 11) is 0. The Morgan fingerprint density at radius 3 is 2.82 bits per heavy atom. The Morgan fingerprint density at radius 2 is 2.45 bits per heavy atom. The molecular weight excluding hydrogens is 140 g/mol. The number of hydrogen-bond acceptors (Lipinski definition) is 1. The average Bonchev–Trinajstić information content (AvgIpc) is 1.97. The zero-order valence-electron chi connectivity index (χ0n) is 6.84. The minimum absolute atomic E-state index is 0.233. The fraction of sp³-hybridized carbons (Fsp3) is 0.556. The normalized spacial score (nSPS) is 11.7. The van der Waals surface area contributed by atoms with Crippen molar-refractivity contribution in [1.82, 2.24) is 0 Å². The maximum atomic E-state index is 10.2. The molecule has 0 aromatic heterocycles. The first-order valence-electron chi connectivity index (χ1n) is 3.78. The molecule has 0 aromatic rings. The number of carboxylic acids is 1. The molecule has 0 amide bonds. The standard InChI is InChI=1S/C9H14O2/c1-3-5-8(4-2)6-7-9(10)11/h5,8H,1,4,6-7H2,2H3,(H,10,11). The minimum Gasteiger partial charge on any atom is -0.481 e. The highest BCUT2D eigenvalue weighted by atomic mass is 16.4. The number of hydrogen-bond donors (Lipinski definition) is 1. The van der Waals surface area contributed by atoms with Crippen molar-refractivity contribution < 1.29 is 9.90 Å². The lowest BCUT2D eigenvalue weighted by Crippen LogP contribution is -2.00. The van der Waals surface area contributed by atoms with Gasteiger partial charge in [-0.1, -0.05) is 13.5 Å². The van der Waals surface area contributed by atoms with Gasteiger partial charge in [-0.2, -0.15) is 0 Å². The van der Waals surface area contributed by atoms with Crippen LogP contribution in [0.3, 0.4) is 0 Å². The van der Waals surface area contributed by atoms with Gasteiger partial charge >= 0.3 is 5.97 Å². The molecule has 62 valence electrons. The van der Waals surface area contributed by atoms with Crippen molar-refractivity contribution in [2.45, 2.75) is 26.2 Å². The second kappa shape index (κ2) is 5.75. The average molecular weight is 154 g/mol. The molecule has 1 atom stereocenters.